The fourth-order valence-electron chi connectivity index (χ4n) is 4.21. The number of carbonyl (C=O) groups is 1. The Hall–Kier alpha value is -3.10. The van der Waals surface area contributed by atoms with E-state index in [1.165, 1.54) is 0 Å². The number of carbonyl (C=O) groups excluding carboxylic acids is 1. The molecule has 0 amide bonds. The minimum atomic E-state index is -4.32. The second-order valence-corrected chi connectivity index (χ2v) is 13.1. The lowest BCUT2D eigenvalue weighted by atomic mass is 10.2. The van der Waals surface area contributed by atoms with Crippen molar-refractivity contribution < 1.29 is 32.8 Å². The third-order valence-electron chi connectivity index (χ3n) is 6.89. The van der Waals surface area contributed by atoms with E-state index in [0.29, 0.717) is 19.4 Å². The predicted octanol–water partition coefficient (Wildman–Crippen LogP) is 11.1. The Kier molecular flexibility index (Phi) is 36.8. The van der Waals surface area contributed by atoms with Gasteiger partial charge in [-0.15, -0.1) is 0 Å². The van der Waals surface area contributed by atoms with Crippen molar-refractivity contribution in [3.63, 3.8) is 0 Å². The van der Waals surface area contributed by atoms with Gasteiger partial charge in [0, 0.05) is 13.0 Å². The molecule has 2 unspecified atom stereocenters. The quantitative estimate of drug-likeness (QED) is 0.0290. The number of phosphoric ester groups is 1. The van der Waals surface area contributed by atoms with Gasteiger partial charge in [0.15, 0.2) is 0 Å². The summed E-state index contributed by atoms with van der Waals surface area (Å²) in [4.78, 5) is 22.4. The molecular weight excluding hydrogens is 673 g/mol. The molecule has 0 heterocycles. The smallest absolute Gasteiger partial charge is 0.457 e. The van der Waals surface area contributed by atoms with Crippen LogP contribution < -0.4 is 5.73 Å². The number of hydrogen-bond acceptors (Lipinski definition) is 7. The molecule has 0 rings (SSSR count). The lowest BCUT2D eigenvalue weighted by molar-refractivity contribution is -0.154. The summed E-state index contributed by atoms with van der Waals surface area (Å²) in [6.45, 7) is 4.32. The number of ether oxygens (including phenoxy) is 2. The van der Waals surface area contributed by atoms with Crippen molar-refractivity contribution in [2.24, 2.45) is 5.73 Å². The van der Waals surface area contributed by atoms with Gasteiger partial charge in [-0.3, -0.25) is 13.8 Å². The van der Waals surface area contributed by atoms with Crippen LogP contribution in [0.5, 0.6) is 0 Å². The van der Waals surface area contributed by atoms with Crippen LogP contribution in [0.3, 0.4) is 0 Å². The summed E-state index contributed by atoms with van der Waals surface area (Å²) in [7, 11) is -4.32. The number of nitrogens with two attached hydrogens (primary N) is 1. The second kappa shape index (κ2) is 39.1. The molecule has 0 fully saturated rings. The highest BCUT2D eigenvalue weighted by atomic mass is 31.2. The Morgan fingerprint density at radius 3 is 1.40 bits per heavy atom. The summed E-state index contributed by atoms with van der Waals surface area (Å²) >= 11 is 0. The fraction of sp³-hybridized carbons (Fsp3) is 0.512. The Labute approximate surface area is 315 Å². The molecule has 0 aromatic carbocycles. The van der Waals surface area contributed by atoms with Gasteiger partial charge in [0.25, 0.3) is 0 Å². The van der Waals surface area contributed by atoms with Gasteiger partial charge in [-0.1, -0.05) is 135 Å². The van der Waals surface area contributed by atoms with Gasteiger partial charge in [-0.25, -0.2) is 4.57 Å². The van der Waals surface area contributed by atoms with E-state index in [1.807, 2.05) is 6.08 Å². The first-order valence-electron chi connectivity index (χ1n) is 19.0. The first kappa shape index (κ1) is 48.9. The fourth-order valence-corrected chi connectivity index (χ4v) is 4.98. The van der Waals surface area contributed by atoms with Crippen molar-refractivity contribution in [1.82, 2.24) is 0 Å². The Morgan fingerprint density at radius 1 is 0.577 bits per heavy atom. The van der Waals surface area contributed by atoms with Crippen molar-refractivity contribution in [3.05, 3.63) is 122 Å². The third-order valence-corrected chi connectivity index (χ3v) is 7.88. The predicted molar refractivity (Wildman–Crippen MR) is 219 cm³/mol. The Balaban J connectivity index is 4.37. The zero-order chi connectivity index (χ0) is 38.1. The van der Waals surface area contributed by atoms with Gasteiger partial charge < -0.3 is 20.1 Å². The van der Waals surface area contributed by atoms with Crippen LogP contribution in [-0.4, -0.2) is 49.9 Å². The van der Waals surface area contributed by atoms with Gasteiger partial charge in [0.2, 0.25) is 0 Å². The van der Waals surface area contributed by atoms with E-state index in [2.05, 4.69) is 129 Å². The van der Waals surface area contributed by atoms with Crippen molar-refractivity contribution in [2.75, 3.05) is 33.0 Å². The molecule has 0 saturated carbocycles. The summed E-state index contributed by atoms with van der Waals surface area (Å²) in [5.74, 6) is -0.418. The van der Waals surface area contributed by atoms with Gasteiger partial charge in [0.05, 0.1) is 26.4 Å². The van der Waals surface area contributed by atoms with Crippen LogP contribution >= 0.6 is 7.82 Å². The summed E-state index contributed by atoms with van der Waals surface area (Å²) in [6, 6.07) is 0. The molecule has 0 aliphatic heterocycles. The highest BCUT2D eigenvalue weighted by Gasteiger charge is 2.25. The van der Waals surface area contributed by atoms with Gasteiger partial charge in [-0.05, 0) is 83.5 Å². The molecule has 0 aliphatic rings. The minimum absolute atomic E-state index is 0.0299. The van der Waals surface area contributed by atoms with Crippen LogP contribution in [0.2, 0.25) is 0 Å². The molecular formula is C43H68NO7P. The molecule has 9 heteroatoms. The highest BCUT2D eigenvalue weighted by molar-refractivity contribution is 7.47. The maximum atomic E-state index is 12.5. The molecule has 0 aromatic heterocycles. The summed E-state index contributed by atoms with van der Waals surface area (Å²) in [5, 5.41) is 0. The van der Waals surface area contributed by atoms with Crippen molar-refractivity contribution in [2.45, 2.75) is 110 Å². The molecule has 3 N–H and O–H groups in total. The normalized spacial score (nSPS) is 14.9. The molecule has 0 saturated heterocycles. The van der Waals surface area contributed by atoms with Crippen LogP contribution in [0.25, 0.3) is 0 Å². The van der Waals surface area contributed by atoms with Crippen LogP contribution in [-0.2, 0) is 27.9 Å². The monoisotopic (exact) mass is 741 g/mol. The molecule has 8 nitrogen and oxygen atoms in total. The molecule has 2 atom stereocenters. The average Bonchev–Trinajstić information content (AvgIpc) is 3.13. The van der Waals surface area contributed by atoms with E-state index in [0.717, 1.165) is 70.6 Å². The molecule has 0 aliphatic carbocycles. The topological polar surface area (TPSA) is 117 Å². The summed E-state index contributed by atoms with van der Waals surface area (Å²) in [6.07, 6.45) is 53.9. The zero-order valence-electron chi connectivity index (χ0n) is 32.0. The molecule has 0 radical (unpaired) electrons. The van der Waals surface area contributed by atoms with E-state index >= 15 is 0 Å². The second-order valence-electron chi connectivity index (χ2n) is 11.7. The van der Waals surface area contributed by atoms with E-state index in [9.17, 15) is 14.3 Å². The standard InChI is InChI=1S/C43H68NO7P/c1-3-5-7-9-11-13-15-17-19-21-22-24-26-28-30-32-34-36-43(45)51-42(41-50-52(46,47)49-39-37-44)40-48-38-35-33-31-29-27-25-23-20-18-16-14-12-10-8-6-4-2/h5-8,11-14,17-20,22,24-25,27-28,30-31,33,42H,3-4,9-10,15-16,21,23,26,29,32,34-41,44H2,1-2H3,(H,46,47)/b7-5-,8-6-,13-11-,14-12-,19-17-,20-18-,24-22-,27-25-,30-28-,33-31-. The van der Waals surface area contributed by atoms with Gasteiger partial charge >= 0.3 is 13.8 Å². The number of allylic oxidation sites excluding steroid dienone is 19. The van der Waals surface area contributed by atoms with Crippen LogP contribution in [0.4, 0.5) is 0 Å². The van der Waals surface area contributed by atoms with Crippen LogP contribution in [0.1, 0.15) is 104 Å². The number of esters is 1. The molecule has 52 heavy (non-hydrogen) atoms. The molecule has 0 aromatic rings. The maximum absolute atomic E-state index is 12.5. The Bertz CT molecular complexity index is 1190. The molecule has 0 spiro atoms. The number of hydrogen-bond donors (Lipinski definition) is 2. The number of unbranched alkanes of at least 4 members (excludes halogenated alkanes) is 1. The zero-order valence-corrected chi connectivity index (χ0v) is 32.9. The number of phosphoric acid groups is 1. The third kappa shape index (κ3) is 38.1. The minimum Gasteiger partial charge on any atom is -0.457 e. The number of rotatable bonds is 34. The summed E-state index contributed by atoms with van der Waals surface area (Å²) in [5.41, 5.74) is 5.34. The lowest BCUT2D eigenvalue weighted by Crippen LogP contribution is -2.28. The molecule has 0 bridgehead atoms. The summed E-state index contributed by atoms with van der Waals surface area (Å²) < 4.78 is 33.1. The van der Waals surface area contributed by atoms with Crippen molar-refractivity contribution in [3.8, 4) is 0 Å². The van der Waals surface area contributed by atoms with E-state index in [4.69, 9.17) is 24.3 Å². The van der Waals surface area contributed by atoms with E-state index in [-0.39, 0.29) is 32.8 Å². The largest absolute Gasteiger partial charge is 0.472 e. The maximum Gasteiger partial charge on any atom is 0.472 e. The Morgan fingerprint density at radius 2 is 0.981 bits per heavy atom. The van der Waals surface area contributed by atoms with Crippen LogP contribution in [0, 0.1) is 0 Å². The van der Waals surface area contributed by atoms with Crippen molar-refractivity contribution in [1.29, 1.82) is 0 Å². The first-order valence-corrected chi connectivity index (χ1v) is 20.5. The average molecular weight is 742 g/mol. The van der Waals surface area contributed by atoms with Crippen LogP contribution in [0.15, 0.2) is 122 Å². The SMILES string of the molecule is CC/C=C\C/C=C\C/C=C\C/C=C\C/C=C\CCCC(=O)OC(COCC/C=C\C/C=C\C/C=C\C/C=C\C/C=C\CC)COP(=O)(O)OCCN. The van der Waals surface area contributed by atoms with Crippen molar-refractivity contribution >= 4 is 13.8 Å². The van der Waals surface area contributed by atoms with E-state index in [1.54, 1.807) is 0 Å². The highest BCUT2D eigenvalue weighted by Crippen LogP contribution is 2.43. The van der Waals surface area contributed by atoms with Gasteiger partial charge in [0.1, 0.15) is 6.10 Å². The molecule has 292 valence electrons. The van der Waals surface area contributed by atoms with Gasteiger partial charge in [-0.2, -0.15) is 0 Å². The lowest BCUT2D eigenvalue weighted by Gasteiger charge is -2.19. The van der Waals surface area contributed by atoms with E-state index < -0.39 is 19.9 Å². The first-order chi connectivity index (χ1) is 25.4.